The van der Waals surface area contributed by atoms with E-state index in [-0.39, 0.29) is 6.42 Å². The lowest BCUT2D eigenvalue weighted by Gasteiger charge is -2.23. The third-order valence-electron chi connectivity index (χ3n) is 13.2. The average Bonchev–Trinajstić information content (AvgIpc) is 3.38. The maximum absolute atomic E-state index is 15.9. The van der Waals surface area contributed by atoms with Crippen molar-refractivity contribution in [3.8, 4) is 44.5 Å². The molecular formula is C63H80O4S. The van der Waals surface area contributed by atoms with E-state index in [1.54, 1.807) is 6.92 Å². The van der Waals surface area contributed by atoms with Gasteiger partial charge in [-0.05, 0) is 82.3 Å². The number of aliphatic carboxylic acids is 1. The van der Waals surface area contributed by atoms with Crippen LogP contribution in [0.3, 0.4) is 0 Å². The SMILES string of the molecule is CCC(=O)O.CCCCCCCCCCCCc1ccc(S(=O)(=O)c2ccc(CCCCCCCCCCCC)c(-c3ccccc3)c2-c2ccccc2)c(-c2ccccc2)c1-c1ccccc1. The van der Waals surface area contributed by atoms with Gasteiger partial charge < -0.3 is 5.11 Å². The van der Waals surface area contributed by atoms with E-state index in [9.17, 15) is 4.79 Å². The summed E-state index contributed by atoms with van der Waals surface area (Å²) in [5.74, 6) is -0.745. The van der Waals surface area contributed by atoms with Crippen LogP contribution in [0.25, 0.3) is 44.5 Å². The topological polar surface area (TPSA) is 71.4 Å². The van der Waals surface area contributed by atoms with Crippen LogP contribution in [-0.2, 0) is 27.5 Å². The molecule has 0 saturated heterocycles. The van der Waals surface area contributed by atoms with Crippen molar-refractivity contribution in [1.82, 2.24) is 0 Å². The Kier molecular flexibility index (Phi) is 23.9. The van der Waals surface area contributed by atoms with Crippen LogP contribution in [0, 0.1) is 0 Å². The fourth-order valence-corrected chi connectivity index (χ4v) is 11.2. The minimum atomic E-state index is -4.08. The zero-order valence-corrected chi connectivity index (χ0v) is 42.5. The number of hydrogen-bond acceptors (Lipinski definition) is 3. The van der Waals surface area contributed by atoms with Crippen LogP contribution in [0.15, 0.2) is 155 Å². The third kappa shape index (κ3) is 16.5. The van der Waals surface area contributed by atoms with Crippen LogP contribution < -0.4 is 0 Å². The highest BCUT2D eigenvalue weighted by Gasteiger charge is 2.31. The van der Waals surface area contributed by atoms with E-state index in [0.717, 1.165) is 70.2 Å². The molecule has 6 rings (SSSR count). The molecule has 68 heavy (non-hydrogen) atoms. The molecule has 0 fully saturated rings. The number of unbranched alkanes of at least 4 members (excludes halogenated alkanes) is 18. The maximum Gasteiger partial charge on any atom is 0.303 e. The van der Waals surface area contributed by atoms with E-state index in [4.69, 9.17) is 5.11 Å². The number of sulfone groups is 1. The van der Waals surface area contributed by atoms with Gasteiger partial charge in [0.2, 0.25) is 9.84 Å². The summed E-state index contributed by atoms with van der Waals surface area (Å²) in [7, 11) is -4.08. The van der Waals surface area contributed by atoms with Gasteiger partial charge >= 0.3 is 5.97 Å². The summed E-state index contributed by atoms with van der Waals surface area (Å²) in [6.07, 6.45) is 27.7. The molecule has 0 unspecified atom stereocenters. The first-order chi connectivity index (χ1) is 33.3. The van der Waals surface area contributed by atoms with Gasteiger partial charge in [-0.3, -0.25) is 4.79 Å². The molecule has 6 aromatic carbocycles. The van der Waals surface area contributed by atoms with Gasteiger partial charge in [-0.25, -0.2) is 8.42 Å². The summed E-state index contributed by atoms with van der Waals surface area (Å²) < 4.78 is 31.8. The lowest BCUT2D eigenvalue weighted by molar-refractivity contribution is -0.136. The number of benzene rings is 6. The number of aryl methyl sites for hydroxylation is 2. The Morgan fingerprint density at radius 3 is 0.868 bits per heavy atom. The molecule has 0 heterocycles. The molecule has 0 saturated carbocycles. The van der Waals surface area contributed by atoms with E-state index < -0.39 is 15.8 Å². The molecule has 0 aliphatic carbocycles. The van der Waals surface area contributed by atoms with Crippen molar-refractivity contribution in [3.63, 3.8) is 0 Å². The molecule has 0 atom stereocenters. The van der Waals surface area contributed by atoms with Gasteiger partial charge in [-0.1, -0.05) is 270 Å². The number of carboxylic acid groups (broad SMARTS) is 1. The molecule has 6 aromatic rings. The summed E-state index contributed by atoms with van der Waals surface area (Å²) in [6, 6.07) is 49.5. The molecule has 0 aliphatic rings. The van der Waals surface area contributed by atoms with Crippen molar-refractivity contribution in [2.24, 2.45) is 0 Å². The average molecular weight is 933 g/mol. The zero-order valence-electron chi connectivity index (χ0n) is 41.7. The maximum atomic E-state index is 15.9. The lowest BCUT2D eigenvalue weighted by atomic mass is 9.88. The molecule has 0 aromatic heterocycles. The highest BCUT2D eigenvalue weighted by Crippen LogP contribution is 2.46. The second kappa shape index (κ2) is 30.3. The molecular weight excluding hydrogens is 853 g/mol. The van der Waals surface area contributed by atoms with Crippen molar-refractivity contribution in [2.75, 3.05) is 0 Å². The standard InChI is InChI=1S/C60H74O2S.C3H6O2/c1-3-5-7-9-11-13-15-17-19-25-43-53-45-47-55(59(51-39-31-23-32-40-51)57(53)49-35-27-21-28-36-49)63(61,62)56-48-46-54(44-26-20-18-16-14-12-10-8-6-4-2)58(50-37-29-22-30-38-50)60(56)52-41-33-24-34-42-52;1-2-3(4)5/h21-24,27-42,45-48H,3-20,25-26,43-44H2,1-2H3;2H2,1H3,(H,4,5). The van der Waals surface area contributed by atoms with Crippen LogP contribution in [0.2, 0.25) is 0 Å². The molecule has 0 aliphatic heterocycles. The normalized spacial score (nSPS) is 11.3. The minimum Gasteiger partial charge on any atom is -0.481 e. The largest absolute Gasteiger partial charge is 0.481 e. The summed E-state index contributed by atoms with van der Waals surface area (Å²) >= 11 is 0. The van der Waals surface area contributed by atoms with E-state index in [0.29, 0.717) is 9.79 Å². The summed E-state index contributed by atoms with van der Waals surface area (Å²) in [5, 5.41) is 7.72. The van der Waals surface area contributed by atoms with Gasteiger partial charge in [0.05, 0.1) is 9.79 Å². The molecule has 0 bridgehead atoms. The van der Waals surface area contributed by atoms with Gasteiger partial charge in [-0.2, -0.15) is 0 Å². The van der Waals surface area contributed by atoms with Gasteiger partial charge in [-0.15, -0.1) is 0 Å². The van der Waals surface area contributed by atoms with Crippen LogP contribution in [-0.4, -0.2) is 19.5 Å². The van der Waals surface area contributed by atoms with Crippen molar-refractivity contribution in [2.45, 2.75) is 178 Å². The Hall–Kier alpha value is -5.26. The van der Waals surface area contributed by atoms with E-state index in [2.05, 4.69) is 98.8 Å². The Balaban J connectivity index is 0.00000164. The first-order valence-electron chi connectivity index (χ1n) is 26.3. The smallest absolute Gasteiger partial charge is 0.303 e. The van der Waals surface area contributed by atoms with Gasteiger partial charge in [0, 0.05) is 17.5 Å². The second-order valence-corrected chi connectivity index (χ2v) is 20.4. The second-order valence-electron chi connectivity index (χ2n) is 18.5. The molecule has 4 nitrogen and oxygen atoms in total. The number of carbonyl (C=O) groups is 1. The Bertz CT molecular complexity index is 2280. The van der Waals surface area contributed by atoms with Gasteiger partial charge in [0.15, 0.2) is 0 Å². The Morgan fingerprint density at radius 1 is 0.353 bits per heavy atom. The molecule has 1 N–H and O–H groups in total. The first-order valence-corrected chi connectivity index (χ1v) is 27.8. The number of carboxylic acids is 1. The minimum absolute atomic E-state index is 0.222. The van der Waals surface area contributed by atoms with Crippen molar-refractivity contribution in [3.05, 3.63) is 157 Å². The van der Waals surface area contributed by atoms with Crippen LogP contribution in [0.4, 0.5) is 0 Å². The van der Waals surface area contributed by atoms with E-state index in [1.807, 2.05) is 60.7 Å². The number of rotatable bonds is 29. The van der Waals surface area contributed by atoms with Crippen molar-refractivity contribution in [1.29, 1.82) is 0 Å². The van der Waals surface area contributed by atoms with Crippen molar-refractivity contribution >= 4 is 15.8 Å². The quantitative estimate of drug-likeness (QED) is 0.0476. The predicted octanol–water partition coefficient (Wildman–Crippen LogP) is 18.6. The van der Waals surface area contributed by atoms with Crippen LogP contribution in [0.5, 0.6) is 0 Å². The molecule has 0 spiro atoms. The first kappa shape index (κ1) is 53.7. The monoisotopic (exact) mass is 933 g/mol. The highest BCUT2D eigenvalue weighted by molar-refractivity contribution is 7.91. The van der Waals surface area contributed by atoms with Gasteiger partial charge in [0.1, 0.15) is 0 Å². The van der Waals surface area contributed by atoms with Crippen molar-refractivity contribution < 1.29 is 18.3 Å². The van der Waals surface area contributed by atoms with E-state index in [1.165, 1.54) is 127 Å². The lowest BCUT2D eigenvalue weighted by Crippen LogP contribution is -2.10. The number of hydrogen-bond donors (Lipinski definition) is 1. The summed E-state index contributed by atoms with van der Waals surface area (Å²) in [6.45, 7) is 6.15. The van der Waals surface area contributed by atoms with Gasteiger partial charge in [0.25, 0.3) is 0 Å². The highest BCUT2D eigenvalue weighted by atomic mass is 32.2. The van der Waals surface area contributed by atoms with Crippen LogP contribution in [0.1, 0.15) is 167 Å². The zero-order chi connectivity index (χ0) is 48.2. The molecule has 5 heteroatoms. The molecule has 0 amide bonds. The van der Waals surface area contributed by atoms with Crippen LogP contribution >= 0.6 is 0 Å². The Morgan fingerprint density at radius 2 is 0.603 bits per heavy atom. The summed E-state index contributed by atoms with van der Waals surface area (Å²) in [4.78, 5) is 10.1. The fourth-order valence-electron chi connectivity index (χ4n) is 9.49. The summed E-state index contributed by atoms with van der Waals surface area (Å²) in [5.41, 5.74) is 10.00. The molecule has 362 valence electrons. The Labute approximate surface area is 411 Å². The third-order valence-corrected chi connectivity index (χ3v) is 15.1. The molecule has 0 radical (unpaired) electrons. The predicted molar refractivity (Wildman–Crippen MR) is 289 cm³/mol. The fraction of sp³-hybridized carbons (Fsp3) is 0.413. The van der Waals surface area contributed by atoms with E-state index >= 15 is 8.42 Å².